The molecule has 1 atom stereocenters. The summed E-state index contributed by atoms with van der Waals surface area (Å²) in [6.45, 7) is 4.68. The molecule has 134 valence electrons. The predicted molar refractivity (Wildman–Crippen MR) is 110 cm³/mol. The molecule has 25 heavy (non-hydrogen) atoms. The van der Waals surface area contributed by atoms with Gasteiger partial charge in [0.1, 0.15) is 5.82 Å². The van der Waals surface area contributed by atoms with E-state index in [4.69, 9.17) is 4.98 Å². The van der Waals surface area contributed by atoms with Crippen molar-refractivity contribution in [2.24, 2.45) is 0 Å². The van der Waals surface area contributed by atoms with Crippen LogP contribution >= 0.6 is 24.8 Å². The van der Waals surface area contributed by atoms with Gasteiger partial charge < -0.3 is 4.57 Å². The Morgan fingerprint density at radius 3 is 2.20 bits per heavy atom. The van der Waals surface area contributed by atoms with Gasteiger partial charge in [0.2, 0.25) is 0 Å². The zero-order valence-electron chi connectivity index (χ0n) is 14.5. The van der Waals surface area contributed by atoms with E-state index in [-0.39, 0.29) is 24.8 Å². The number of likely N-dealkylation sites (tertiary alicyclic amines) is 1. The maximum absolute atomic E-state index is 4.94. The number of hydrogen-bond acceptors (Lipinski definition) is 2. The molecule has 4 rings (SSSR count). The number of rotatable bonds is 3. The van der Waals surface area contributed by atoms with Gasteiger partial charge in [-0.1, -0.05) is 48.9 Å². The Labute approximate surface area is 161 Å². The van der Waals surface area contributed by atoms with Crippen molar-refractivity contribution >= 4 is 35.8 Å². The van der Waals surface area contributed by atoms with Crippen LogP contribution in [0.1, 0.15) is 32.4 Å². The molecule has 0 N–H and O–H groups in total. The Balaban J connectivity index is 0.00000113. The minimum absolute atomic E-state index is 0. The van der Waals surface area contributed by atoms with Crippen molar-refractivity contribution < 1.29 is 0 Å². The lowest BCUT2D eigenvalue weighted by molar-refractivity contribution is 0.131. The monoisotopic (exact) mass is 377 g/mol. The third kappa shape index (κ3) is 3.84. The maximum Gasteiger partial charge on any atom is 0.142 e. The average molecular weight is 378 g/mol. The highest BCUT2D eigenvalue weighted by molar-refractivity contribution is 5.85. The summed E-state index contributed by atoms with van der Waals surface area (Å²) < 4.78 is 2.41. The number of imidazole rings is 1. The summed E-state index contributed by atoms with van der Waals surface area (Å²) >= 11 is 0. The molecule has 1 fully saturated rings. The highest BCUT2D eigenvalue weighted by Crippen LogP contribution is 2.30. The molecule has 0 amide bonds. The molecule has 0 aliphatic carbocycles. The van der Waals surface area contributed by atoms with Crippen LogP contribution in [-0.2, 0) is 0 Å². The lowest BCUT2D eigenvalue weighted by Crippen LogP contribution is -2.35. The molecule has 0 spiro atoms. The van der Waals surface area contributed by atoms with E-state index in [9.17, 15) is 0 Å². The minimum atomic E-state index is 0. The minimum Gasteiger partial charge on any atom is -0.308 e. The normalized spacial score (nSPS) is 16.0. The van der Waals surface area contributed by atoms with E-state index in [1.54, 1.807) is 0 Å². The van der Waals surface area contributed by atoms with Gasteiger partial charge in [0, 0.05) is 18.7 Å². The van der Waals surface area contributed by atoms with Gasteiger partial charge in [-0.15, -0.1) is 24.8 Å². The van der Waals surface area contributed by atoms with Gasteiger partial charge in [-0.2, -0.15) is 0 Å². The second kappa shape index (κ2) is 8.70. The predicted octanol–water partition coefficient (Wildman–Crippen LogP) is 5.55. The molecule has 0 radical (unpaired) electrons. The summed E-state index contributed by atoms with van der Waals surface area (Å²) in [4.78, 5) is 7.52. The van der Waals surface area contributed by atoms with E-state index in [1.165, 1.54) is 43.4 Å². The largest absolute Gasteiger partial charge is 0.308 e. The molecule has 3 nitrogen and oxygen atoms in total. The van der Waals surface area contributed by atoms with E-state index >= 15 is 0 Å². The molecule has 0 bridgehead atoms. The number of benzene rings is 2. The quantitative estimate of drug-likeness (QED) is 0.596. The molecule has 1 aliphatic rings. The van der Waals surface area contributed by atoms with Crippen molar-refractivity contribution in [2.45, 2.75) is 32.4 Å². The van der Waals surface area contributed by atoms with Gasteiger partial charge in [-0.25, -0.2) is 4.98 Å². The third-order valence-electron chi connectivity index (χ3n) is 4.92. The van der Waals surface area contributed by atoms with Gasteiger partial charge in [-0.3, -0.25) is 4.90 Å². The summed E-state index contributed by atoms with van der Waals surface area (Å²) in [6, 6.07) is 19.0. The van der Waals surface area contributed by atoms with Gasteiger partial charge >= 0.3 is 0 Å². The molecule has 0 saturated carbocycles. The summed E-state index contributed by atoms with van der Waals surface area (Å²) in [6.07, 6.45) is 4.30. The Morgan fingerprint density at radius 2 is 1.48 bits per heavy atom. The first-order valence-corrected chi connectivity index (χ1v) is 8.61. The fraction of sp³-hybridized carbons (Fsp3) is 0.350. The van der Waals surface area contributed by atoms with Gasteiger partial charge in [0.15, 0.2) is 0 Å². The van der Waals surface area contributed by atoms with Crippen LogP contribution in [0.25, 0.3) is 22.4 Å². The highest BCUT2D eigenvalue weighted by Gasteiger charge is 2.23. The molecule has 2 aromatic carbocycles. The smallest absolute Gasteiger partial charge is 0.142 e. The molecule has 1 aliphatic heterocycles. The number of halogens is 2. The van der Waals surface area contributed by atoms with E-state index in [2.05, 4.69) is 71.0 Å². The Kier molecular flexibility index (Phi) is 6.88. The van der Waals surface area contributed by atoms with E-state index < -0.39 is 0 Å². The lowest BCUT2D eigenvalue weighted by Gasteiger charge is -2.34. The van der Waals surface area contributed by atoms with Crippen molar-refractivity contribution in [3.05, 3.63) is 54.6 Å². The fourth-order valence-corrected chi connectivity index (χ4v) is 3.67. The van der Waals surface area contributed by atoms with Crippen LogP contribution in [0.5, 0.6) is 0 Å². The van der Waals surface area contributed by atoms with Crippen molar-refractivity contribution in [3.8, 4) is 11.4 Å². The first-order chi connectivity index (χ1) is 11.3. The standard InChI is InChI=1S/C20H23N3.2ClH/c1-16(22-14-8-3-9-15-22)23-19-13-7-6-12-18(19)21-20(23)17-10-4-2-5-11-17;;/h2,4-7,10-13,16H,3,8-9,14-15H2,1H3;2*1H. The molecule has 2 heterocycles. The summed E-state index contributed by atoms with van der Waals surface area (Å²) in [5.74, 6) is 1.07. The molecule has 1 aromatic heterocycles. The zero-order chi connectivity index (χ0) is 15.6. The van der Waals surface area contributed by atoms with Crippen molar-refractivity contribution in [1.82, 2.24) is 14.5 Å². The number of piperidine rings is 1. The second-order valence-electron chi connectivity index (χ2n) is 6.39. The summed E-state index contributed by atoms with van der Waals surface area (Å²) in [5.41, 5.74) is 3.49. The lowest BCUT2D eigenvalue weighted by atomic mass is 10.1. The van der Waals surface area contributed by atoms with Gasteiger partial charge in [-0.05, 0) is 31.9 Å². The number of hydrogen-bond donors (Lipinski definition) is 0. The number of fused-ring (bicyclic) bond motifs is 1. The van der Waals surface area contributed by atoms with E-state index in [0.29, 0.717) is 6.17 Å². The zero-order valence-corrected chi connectivity index (χ0v) is 16.1. The first-order valence-electron chi connectivity index (χ1n) is 8.61. The SMILES string of the molecule is CC(N1CCCCC1)n1c(-c2ccccc2)nc2ccccc21.Cl.Cl. The maximum atomic E-state index is 4.94. The molecule has 1 saturated heterocycles. The Morgan fingerprint density at radius 1 is 0.840 bits per heavy atom. The molecular formula is C20H25Cl2N3. The Bertz CT molecular complexity index is 795. The number of nitrogens with zero attached hydrogens (tertiary/aromatic N) is 3. The van der Waals surface area contributed by atoms with Gasteiger partial charge in [0.05, 0.1) is 17.2 Å². The van der Waals surface area contributed by atoms with Crippen LogP contribution in [0.4, 0.5) is 0 Å². The van der Waals surface area contributed by atoms with Crippen LogP contribution in [0, 0.1) is 0 Å². The molecular weight excluding hydrogens is 353 g/mol. The van der Waals surface area contributed by atoms with Gasteiger partial charge in [0.25, 0.3) is 0 Å². The average Bonchev–Trinajstić information content (AvgIpc) is 3.02. The molecule has 1 unspecified atom stereocenters. The van der Waals surface area contributed by atoms with E-state index in [1.807, 2.05) is 0 Å². The second-order valence-corrected chi connectivity index (χ2v) is 6.39. The van der Waals surface area contributed by atoms with Crippen LogP contribution in [0.15, 0.2) is 54.6 Å². The van der Waals surface area contributed by atoms with Crippen LogP contribution in [-0.4, -0.2) is 27.5 Å². The highest BCUT2D eigenvalue weighted by atomic mass is 35.5. The fourth-order valence-electron chi connectivity index (χ4n) is 3.67. The third-order valence-corrected chi connectivity index (χ3v) is 4.92. The van der Waals surface area contributed by atoms with Crippen molar-refractivity contribution in [2.75, 3.05) is 13.1 Å². The summed E-state index contributed by atoms with van der Waals surface area (Å²) in [7, 11) is 0. The number of para-hydroxylation sites is 2. The van der Waals surface area contributed by atoms with Crippen LogP contribution in [0.2, 0.25) is 0 Å². The van der Waals surface area contributed by atoms with Crippen molar-refractivity contribution in [1.29, 1.82) is 0 Å². The molecule has 5 heteroatoms. The van der Waals surface area contributed by atoms with Crippen molar-refractivity contribution in [3.63, 3.8) is 0 Å². The molecule has 3 aromatic rings. The summed E-state index contributed by atoms with van der Waals surface area (Å²) in [5, 5.41) is 0. The number of aromatic nitrogens is 2. The first kappa shape index (κ1) is 19.8. The van der Waals surface area contributed by atoms with Crippen LogP contribution in [0.3, 0.4) is 0 Å². The Hall–Kier alpha value is -1.55. The van der Waals surface area contributed by atoms with Crippen LogP contribution < -0.4 is 0 Å². The van der Waals surface area contributed by atoms with E-state index in [0.717, 1.165) is 11.3 Å². The topological polar surface area (TPSA) is 21.1 Å².